The lowest BCUT2D eigenvalue weighted by Gasteiger charge is -2.21. The number of halogens is 3. The topological polar surface area (TPSA) is 93.8 Å². The summed E-state index contributed by atoms with van der Waals surface area (Å²) in [7, 11) is 3.27. The molecule has 1 aliphatic carbocycles. The van der Waals surface area contributed by atoms with Gasteiger partial charge in [-0.25, -0.2) is 9.59 Å². The molecule has 0 atom stereocenters. The molecule has 0 aliphatic heterocycles. The summed E-state index contributed by atoms with van der Waals surface area (Å²) >= 11 is 0. The van der Waals surface area contributed by atoms with Gasteiger partial charge in [0, 0.05) is 32.0 Å². The Morgan fingerprint density at radius 3 is 2.45 bits per heavy atom. The summed E-state index contributed by atoms with van der Waals surface area (Å²) in [6, 6.07) is 8.84. The number of nitrogens with zero attached hydrogens (tertiary/aromatic N) is 4. The first-order valence-electron chi connectivity index (χ1n) is 12.6. The van der Waals surface area contributed by atoms with Crippen molar-refractivity contribution in [2.24, 2.45) is 7.05 Å². The van der Waals surface area contributed by atoms with Gasteiger partial charge in [0.25, 0.3) is 5.91 Å². The lowest BCUT2D eigenvalue weighted by molar-refractivity contribution is -0.143. The van der Waals surface area contributed by atoms with Crippen molar-refractivity contribution in [2.45, 2.75) is 45.5 Å². The summed E-state index contributed by atoms with van der Waals surface area (Å²) < 4.78 is 48.5. The van der Waals surface area contributed by atoms with Gasteiger partial charge in [0.15, 0.2) is 0 Å². The smallest absolute Gasteiger partial charge is 0.416 e. The van der Waals surface area contributed by atoms with Crippen LogP contribution in [0.3, 0.4) is 0 Å². The van der Waals surface area contributed by atoms with Gasteiger partial charge in [0.1, 0.15) is 5.57 Å². The number of ether oxygens (including phenoxy) is 1. The van der Waals surface area contributed by atoms with E-state index in [2.05, 4.69) is 0 Å². The molecule has 40 heavy (non-hydrogen) atoms. The van der Waals surface area contributed by atoms with Crippen LogP contribution < -0.4 is 10.6 Å². The first kappa shape index (κ1) is 28.7. The lowest BCUT2D eigenvalue weighted by atomic mass is 10.0. The molecule has 4 rings (SSSR count). The number of esters is 1. The molecule has 212 valence electrons. The number of amides is 2. The maximum absolute atomic E-state index is 13.4. The number of aryl methyl sites for hydroxylation is 1. The molecule has 0 N–H and O–H groups in total. The number of rotatable bonds is 9. The second kappa shape index (κ2) is 11.0. The molecule has 0 spiro atoms. The minimum atomic E-state index is -4.61. The van der Waals surface area contributed by atoms with Gasteiger partial charge in [-0.15, -0.1) is 0 Å². The Kier molecular flexibility index (Phi) is 7.90. The largest absolute Gasteiger partial charge is 0.462 e. The third-order valence-electron chi connectivity index (χ3n) is 6.92. The Labute approximate surface area is 228 Å². The highest BCUT2D eigenvalue weighted by atomic mass is 19.4. The quantitative estimate of drug-likeness (QED) is 0.129. The Morgan fingerprint density at radius 2 is 1.85 bits per heavy atom. The molecule has 1 saturated carbocycles. The van der Waals surface area contributed by atoms with Crippen LogP contribution in [0, 0.1) is 6.92 Å². The van der Waals surface area contributed by atoms with Gasteiger partial charge in [-0.05, 0) is 62.1 Å². The number of benzene rings is 2. The zero-order valence-corrected chi connectivity index (χ0v) is 22.5. The molecule has 0 unspecified atom stereocenters. The molecule has 12 heteroatoms. The molecule has 1 aliphatic rings. The first-order valence-corrected chi connectivity index (χ1v) is 12.6. The van der Waals surface area contributed by atoms with Crippen molar-refractivity contribution in [2.75, 3.05) is 18.6 Å². The summed E-state index contributed by atoms with van der Waals surface area (Å²) in [5.74, 6) is -2.03. The van der Waals surface area contributed by atoms with Gasteiger partial charge < -0.3 is 9.64 Å². The predicted molar refractivity (Wildman–Crippen MR) is 141 cm³/mol. The molecular weight excluding hydrogens is 529 g/mol. The van der Waals surface area contributed by atoms with E-state index in [0.29, 0.717) is 16.1 Å². The van der Waals surface area contributed by atoms with E-state index in [1.54, 1.807) is 48.4 Å². The second-order valence-electron chi connectivity index (χ2n) is 9.62. The highest BCUT2D eigenvalue weighted by Gasteiger charge is 2.34. The molecule has 0 radical (unpaired) electrons. The van der Waals surface area contributed by atoms with Gasteiger partial charge in [0.2, 0.25) is 6.41 Å². The van der Waals surface area contributed by atoms with Crippen molar-refractivity contribution in [3.05, 3.63) is 75.3 Å². The fourth-order valence-corrected chi connectivity index (χ4v) is 4.59. The van der Waals surface area contributed by atoms with Crippen LogP contribution in [-0.2, 0) is 38.9 Å². The van der Waals surface area contributed by atoms with Crippen LogP contribution >= 0.6 is 0 Å². The number of anilines is 1. The molecule has 2 aromatic carbocycles. The molecule has 1 heterocycles. The van der Waals surface area contributed by atoms with Crippen molar-refractivity contribution >= 4 is 35.0 Å². The number of aromatic nitrogens is 2. The molecule has 2 amide bonds. The van der Waals surface area contributed by atoms with Crippen LogP contribution in [0.4, 0.5) is 18.9 Å². The monoisotopic (exact) mass is 558 g/mol. The van der Waals surface area contributed by atoms with E-state index < -0.39 is 35.7 Å². The summed E-state index contributed by atoms with van der Waals surface area (Å²) in [6.07, 6.45) is -1.45. The average Bonchev–Trinajstić information content (AvgIpc) is 3.71. The van der Waals surface area contributed by atoms with Crippen LogP contribution in [0.25, 0.3) is 11.0 Å². The summed E-state index contributed by atoms with van der Waals surface area (Å²) in [4.78, 5) is 53.0. The lowest BCUT2D eigenvalue weighted by Crippen LogP contribution is -2.35. The van der Waals surface area contributed by atoms with Crippen molar-refractivity contribution in [3.8, 4) is 0 Å². The highest BCUT2D eigenvalue weighted by Crippen LogP contribution is 2.37. The zero-order valence-electron chi connectivity index (χ0n) is 22.5. The Hall–Kier alpha value is -4.35. The van der Waals surface area contributed by atoms with Crippen LogP contribution in [-0.4, -0.2) is 46.0 Å². The van der Waals surface area contributed by atoms with Crippen molar-refractivity contribution < 1.29 is 32.3 Å². The van der Waals surface area contributed by atoms with E-state index in [1.165, 1.54) is 30.2 Å². The van der Waals surface area contributed by atoms with E-state index >= 15 is 0 Å². The zero-order chi connectivity index (χ0) is 29.4. The van der Waals surface area contributed by atoms with E-state index in [-0.39, 0.29) is 35.9 Å². The van der Waals surface area contributed by atoms with Crippen LogP contribution in [0.1, 0.15) is 42.5 Å². The van der Waals surface area contributed by atoms with Gasteiger partial charge in [0.05, 0.1) is 29.7 Å². The maximum atomic E-state index is 13.4. The molecule has 0 saturated heterocycles. The van der Waals surface area contributed by atoms with Crippen molar-refractivity contribution in [3.63, 3.8) is 0 Å². The fraction of sp³-hybridized carbons (Fsp3) is 0.357. The van der Waals surface area contributed by atoms with Gasteiger partial charge >= 0.3 is 17.8 Å². The van der Waals surface area contributed by atoms with Crippen LogP contribution in [0.5, 0.6) is 0 Å². The average molecular weight is 559 g/mol. The number of hydrogen-bond donors (Lipinski definition) is 0. The molecule has 1 fully saturated rings. The second-order valence-corrected chi connectivity index (χ2v) is 9.62. The maximum Gasteiger partial charge on any atom is 0.416 e. The Bertz CT molecular complexity index is 1570. The van der Waals surface area contributed by atoms with Gasteiger partial charge in [-0.1, -0.05) is 12.1 Å². The number of carbonyl (C=O) groups is 3. The Balaban J connectivity index is 1.69. The predicted octanol–water partition coefficient (Wildman–Crippen LogP) is 4.07. The summed E-state index contributed by atoms with van der Waals surface area (Å²) in [5, 5.41) is 0. The minimum absolute atomic E-state index is 0.0510. The minimum Gasteiger partial charge on any atom is -0.462 e. The molecule has 1 aromatic heterocycles. The van der Waals surface area contributed by atoms with E-state index in [1.807, 2.05) is 0 Å². The molecule has 3 aromatic rings. The molecule has 9 nitrogen and oxygen atoms in total. The number of imide groups is 1. The third kappa shape index (κ3) is 5.51. The van der Waals surface area contributed by atoms with Crippen molar-refractivity contribution in [1.82, 2.24) is 14.0 Å². The van der Waals surface area contributed by atoms with E-state index in [0.717, 1.165) is 24.4 Å². The van der Waals surface area contributed by atoms with Gasteiger partial charge in [-0.3, -0.25) is 23.6 Å². The van der Waals surface area contributed by atoms with E-state index in [4.69, 9.17) is 4.74 Å². The fourth-order valence-electron chi connectivity index (χ4n) is 4.59. The molecular formula is C28H29F3N4O5. The number of fused-ring (bicyclic) bond motifs is 1. The first-order chi connectivity index (χ1) is 18.9. The number of imidazole rings is 1. The SMILES string of the molecule is CCOC(=O)/C(=C/N(C)c1ccc2c(c1)n(C1CC1)c(=O)n2C)C(=O)N(C=O)Cc1cccc(C(F)(F)F)c1C. The Morgan fingerprint density at radius 1 is 1.15 bits per heavy atom. The highest BCUT2D eigenvalue weighted by molar-refractivity contribution is 6.18. The van der Waals surface area contributed by atoms with Gasteiger partial charge in [-0.2, -0.15) is 13.2 Å². The summed E-state index contributed by atoms with van der Waals surface area (Å²) in [6.45, 7) is 2.27. The molecule has 0 bridgehead atoms. The van der Waals surface area contributed by atoms with E-state index in [9.17, 15) is 32.3 Å². The number of carbonyl (C=O) groups excluding carboxylic acids is 3. The van der Waals surface area contributed by atoms with Crippen molar-refractivity contribution in [1.29, 1.82) is 0 Å². The normalized spacial score (nSPS) is 13.8. The number of hydrogen-bond acceptors (Lipinski definition) is 6. The van der Waals surface area contributed by atoms with Crippen LogP contribution in [0.15, 0.2) is 53.0 Å². The standard InChI is InChI=1S/C28H29F3N4O5/c1-5-40-26(38)21(25(37)34(16-36)14-18-7-6-8-22(17(18)2)28(29,30)31)15-32(3)20-11-12-23-24(13-20)35(19-9-10-19)27(39)33(23)4/h6-8,11-13,15-16,19H,5,9-10,14H2,1-4H3/b21-15+. The van der Waals surface area contributed by atoms with Crippen LogP contribution in [0.2, 0.25) is 0 Å². The third-order valence-corrected chi connectivity index (χ3v) is 6.92. The number of alkyl halides is 3. The summed E-state index contributed by atoms with van der Waals surface area (Å²) in [5.41, 5.74) is 0.425.